The van der Waals surface area contributed by atoms with Gasteiger partial charge in [-0.25, -0.2) is 0 Å². The first-order valence-corrected chi connectivity index (χ1v) is 9.62. The van der Waals surface area contributed by atoms with Crippen molar-refractivity contribution in [2.45, 2.75) is 65.5 Å². The van der Waals surface area contributed by atoms with Gasteiger partial charge < -0.3 is 10.4 Å². The largest absolute Gasteiger partial charge is 0.392 e. The van der Waals surface area contributed by atoms with Gasteiger partial charge in [0, 0.05) is 10.3 Å². The molecule has 5 heteroatoms. The van der Waals surface area contributed by atoms with E-state index in [1.165, 1.54) is 0 Å². The normalized spacial score (nSPS) is 16.3. The summed E-state index contributed by atoms with van der Waals surface area (Å²) in [6, 6.07) is 7.14. The molecule has 0 saturated carbocycles. The fraction of sp³-hybridized carbons (Fsp3) is 0.632. The lowest BCUT2D eigenvalue weighted by Crippen LogP contribution is -2.37. The van der Waals surface area contributed by atoms with Gasteiger partial charge in [-0.3, -0.25) is 9.00 Å². The molecular formula is C19H31NO3S. The number of carbonyl (C=O) groups excluding carboxylic acids is 1. The van der Waals surface area contributed by atoms with Crippen LogP contribution in [-0.2, 0) is 15.6 Å². The van der Waals surface area contributed by atoms with Gasteiger partial charge in [-0.15, -0.1) is 0 Å². The van der Waals surface area contributed by atoms with E-state index in [9.17, 15) is 14.1 Å². The zero-order valence-electron chi connectivity index (χ0n) is 15.8. The maximum absolute atomic E-state index is 12.7. The lowest BCUT2D eigenvalue weighted by Gasteiger charge is -2.26. The van der Waals surface area contributed by atoms with Crippen LogP contribution >= 0.6 is 0 Å². The van der Waals surface area contributed by atoms with Crippen molar-refractivity contribution in [3.05, 3.63) is 29.8 Å². The topological polar surface area (TPSA) is 66.4 Å². The van der Waals surface area contributed by atoms with Crippen molar-refractivity contribution < 1.29 is 14.1 Å². The molecule has 0 aliphatic heterocycles. The molecule has 1 amide bonds. The van der Waals surface area contributed by atoms with Gasteiger partial charge in [0.1, 0.15) is 0 Å². The molecule has 136 valence electrons. The van der Waals surface area contributed by atoms with E-state index in [-0.39, 0.29) is 23.1 Å². The first-order valence-electron chi connectivity index (χ1n) is 8.30. The lowest BCUT2D eigenvalue weighted by molar-refractivity contribution is -0.129. The second-order valence-corrected chi connectivity index (χ2v) is 9.84. The van der Waals surface area contributed by atoms with E-state index in [4.69, 9.17) is 0 Å². The van der Waals surface area contributed by atoms with Crippen LogP contribution in [0.1, 0.15) is 60.1 Å². The molecule has 1 aromatic rings. The fourth-order valence-corrected chi connectivity index (χ4v) is 3.72. The summed E-state index contributed by atoms with van der Waals surface area (Å²) < 4.78 is 12.7. The summed E-state index contributed by atoms with van der Waals surface area (Å²) in [7, 11) is -1.33. The van der Waals surface area contributed by atoms with Gasteiger partial charge in [-0.1, -0.05) is 59.7 Å². The van der Waals surface area contributed by atoms with Crippen LogP contribution in [0.25, 0.3) is 0 Å². The third-order valence-electron chi connectivity index (χ3n) is 3.97. The second kappa shape index (κ2) is 7.79. The van der Waals surface area contributed by atoms with E-state index in [1.807, 2.05) is 66.7 Å². The van der Waals surface area contributed by atoms with Gasteiger partial charge in [0.25, 0.3) is 0 Å². The number of aliphatic hydroxyl groups excluding tert-OH is 1. The zero-order valence-corrected chi connectivity index (χ0v) is 16.7. The van der Waals surface area contributed by atoms with E-state index in [2.05, 4.69) is 5.32 Å². The van der Waals surface area contributed by atoms with Crippen LogP contribution in [0.4, 0.5) is 0 Å². The van der Waals surface area contributed by atoms with Crippen LogP contribution in [0, 0.1) is 10.8 Å². The minimum absolute atomic E-state index is 0.0506. The molecule has 0 aliphatic rings. The zero-order chi connectivity index (χ0) is 18.7. The number of rotatable bonds is 5. The van der Waals surface area contributed by atoms with Crippen molar-refractivity contribution in [2.75, 3.05) is 5.75 Å². The van der Waals surface area contributed by atoms with E-state index < -0.39 is 22.3 Å². The molecular weight excluding hydrogens is 322 g/mol. The maximum Gasteiger partial charge on any atom is 0.225 e. The molecule has 4 nitrogen and oxygen atoms in total. The van der Waals surface area contributed by atoms with Gasteiger partial charge in [0.2, 0.25) is 5.91 Å². The molecule has 1 rings (SSSR count). The molecule has 0 aromatic heterocycles. The molecule has 0 unspecified atom stereocenters. The predicted molar refractivity (Wildman–Crippen MR) is 99.2 cm³/mol. The van der Waals surface area contributed by atoms with Crippen molar-refractivity contribution in [3.8, 4) is 0 Å². The van der Waals surface area contributed by atoms with E-state index in [0.717, 1.165) is 5.56 Å². The van der Waals surface area contributed by atoms with E-state index in [0.29, 0.717) is 4.90 Å². The summed E-state index contributed by atoms with van der Waals surface area (Å²) in [5.74, 6) is 0.130. The third-order valence-corrected chi connectivity index (χ3v) is 5.45. The Kier molecular flexibility index (Phi) is 6.76. The van der Waals surface area contributed by atoms with Crippen molar-refractivity contribution >= 4 is 16.7 Å². The molecule has 0 saturated heterocycles. The number of hydrogen-bond acceptors (Lipinski definition) is 3. The van der Waals surface area contributed by atoms with E-state index >= 15 is 0 Å². The molecule has 0 bridgehead atoms. The van der Waals surface area contributed by atoms with Gasteiger partial charge >= 0.3 is 0 Å². The summed E-state index contributed by atoms with van der Waals surface area (Å²) in [6.45, 7) is 13.2. The summed E-state index contributed by atoms with van der Waals surface area (Å²) >= 11 is 0. The maximum atomic E-state index is 12.7. The van der Waals surface area contributed by atoms with Crippen molar-refractivity contribution in [1.82, 2.24) is 5.32 Å². The fourth-order valence-electron chi connectivity index (χ4n) is 2.02. The predicted octanol–water partition coefficient (Wildman–Crippen LogP) is 3.42. The third kappa shape index (κ3) is 5.71. The van der Waals surface area contributed by atoms with E-state index in [1.54, 1.807) is 6.07 Å². The molecule has 1 aromatic carbocycles. The quantitative estimate of drug-likeness (QED) is 0.852. The Morgan fingerprint density at radius 1 is 1.17 bits per heavy atom. The van der Waals surface area contributed by atoms with Gasteiger partial charge in [-0.05, 0) is 24.0 Å². The average Bonchev–Trinajstić information content (AvgIpc) is 2.45. The number of benzene rings is 1. The summed E-state index contributed by atoms with van der Waals surface area (Å²) in [4.78, 5) is 12.9. The molecule has 2 N–H and O–H groups in total. The van der Waals surface area contributed by atoms with Gasteiger partial charge in [0.15, 0.2) is 0 Å². The molecule has 24 heavy (non-hydrogen) atoms. The van der Waals surface area contributed by atoms with Crippen molar-refractivity contribution in [3.63, 3.8) is 0 Å². The molecule has 0 fully saturated rings. The van der Waals surface area contributed by atoms with Crippen LogP contribution in [0.3, 0.4) is 0 Å². The molecule has 0 aliphatic carbocycles. The minimum Gasteiger partial charge on any atom is -0.392 e. The highest BCUT2D eigenvalue weighted by atomic mass is 32.2. The summed E-state index contributed by atoms with van der Waals surface area (Å²) in [6.07, 6.45) is -0.661. The molecule has 3 atom stereocenters. The Bertz CT molecular complexity index is 599. The highest BCUT2D eigenvalue weighted by Crippen LogP contribution is 2.26. The van der Waals surface area contributed by atoms with Gasteiger partial charge in [-0.2, -0.15) is 0 Å². The Morgan fingerprint density at radius 3 is 2.21 bits per heavy atom. The monoisotopic (exact) mass is 353 g/mol. The molecule has 0 spiro atoms. The highest BCUT2D eigenvalue weighted by molar-refractivity contribution is 7.85. The number of hydrogen-bond donors (Lipinski definition) is 2. The van der Waals surface area contributed by atoms with Crippen LogP contribution < -0.4 is 5.32 Å². The Morgan fingerprint density at radius 2 is 1.71 bits per heavy atom. The number of nitrogens with one attached hydrogen (secondary N) is 1. The highest BCUT2D eigenvalue weighted by Gasteiger charge is 2.27. The first kappa shape index (κ1) is 20.8. The lowest BCUT2D eigenvalue weighted by atomic mass is 9.90. The standard InChI is InChI=1S/C19H31NO3S/c1-13(20-17(22)19(5,6)7)14-10-8-9-11-15(14)24(23)12-16(21)18(2,3)4/h8-11,13,16,21H,12H2,1-7H3,(H,20,22)/t13-,16+,24+/m1/s1. The summed E-state index contributed by atoms with van der Waals surface area (Å²) in [5.41, 5.74) is 0.0242. The minimum atomic E-state index is -1.33. The average molecular weight is 354 g/mol. The Hall–Kier alpha value is -1.20. The first-order chi connectivity index (χ1) is 10.8. The van der Waals surface area contributed by atoms with Crippen LogP contribution in [0.5, 0.6) is 0 Å². The van der Waals surface area contributed by atoms with Crippen LogP contribution in [0.2, 0.25) is 0 Å². The SMILES string of the molecule is C[C@@H](NC(=O)C(C)(C)C)c1ccccc1[S@@](=O)C[C@H](O)C(C)(C)C. The number of amides is 1. The van der Waals surface area contributed by atoms with Crippen LogP contribution in [0.15, 0.2) is 29.2 Å². The molecule has 0 heterocycles. The molecule has 0 radical (unpaired) electrons. The van der Waals surface area contributed by atoms with Crippen molar-refractivity contribution in [1.29, 1.82) is 0 Å². The Labute approximate surface area is 148 Å². The van der Waals surface area contributed by atoms with Crippen molar-refractivity contribution in [2.24, 2.45) is 10.8 Å². The second-order valence-electron chi connectivity index (χ2n) is 8.38. The Balaban J connectivity index is 2.99. The number of aliphatic hydroxyl groups is 1. The number of carbonyl (C=O) groups is 1. The van der Waals surface area contributed by atoms with Crippen LogP contribution in [-0.4, -0.2) is 27.1 Å². The smallest absolute Gasteiger partial charge is 0.225 e. The summed E-state index contributed by atoms with van der Waals surface area (Å²) in [5, 5.41) is 13.2. The van der Waals surface area contributed by atoms with Gasteiger partial charge in [0.05, 0.1) is 28.7 Å².